The van der Waals surface area contributed by atoms with Crippen LogP contribution in [0, 0.1) is 5.41 Å². The minimum absolute atomic E-state index is 0.0229. The van der Waals surface area contributed by atoms with Crippen molar-refractivity contribution in [2.75, 3.05) is 0 Å². The molecule has 1 N–H and O–H groups in total. The lowest BCUT2D eigenvalue weighted by molar-refractivity contribution is -0.000236. The molecule has 1 aliphatic carbocycles. The third-order valence-corrected chi connectivity index (χ3v) is 4.11. The van der Waals surface area contributed by atoms with E-state index in [2.05, 4.69) is 23.4 Å². The summed E-state index contributed by atoms with van der Waals surface area (Å²) >= 11 is 0. The molecule has 1 aliphatic rings. The summed E-state index contributed by atoms with van der Waals surface area (Å²) in [5.41, 5.74) is 0.0229. The van der Waals surface area contributed by atoms with Crippen molar-refractivity contribution in [2.45, 2.75) is 65.0 Å². The Kier molecular flexibility index (Phi) is 3.87. The zero-order chi connectivity index (χ0) is 12.3. The molecule has 0 aromatic carbocycles. The van der Waals surface area contributed by atoms with E-state index in [0.717, 1.165) is 31.6 Å². The van der Waals surface area contributed by atoms with Gasteiger partial charge in [-0.25, -0.2) is 4.98 Å². The second-order valence-corrected chi connectivity index (χ2v) is 5.60. The van der Waals surface area contributed by atoms with Crippen molar-refractivity contribution in [1.82, 2.24) is 9.55 Å². The van der Waals surface area contributed by atoms with Gasteiger partial charge in [0, 0.05) is 24.4 Å². The van der Waals surface area contributed by atoms with Crippen LogP contribution in [0.5, 0.6) is 0 Å². The van der Waals surface area contributed by atoms with Crippen LogP contribution in [0.2, 0.25) is 0 Å². The van der Waals surface area contributed by atoms with Crippen LogP contribution in [0.1, 0.15) is 64.3 Å². The van der Waals surface area contributed by atoms with Gasteiger partial charge in [-0.2, -0.15) is 0 Å². The van der Waals surface area contributed by atoms with Crippen LogP contribution in [0.4, 0.5) is 0 Å². The van der Waals surface area contributed by atoms with Gasteiger partial charge in [0.2, 0.25) is 0 Å². The molecule has 1 aromatic heterocycles. The number of hydrogen-bond acceptors (Lipinski definition) is 2. The quantitative estimate of drug-likeness (QED) is 0.871. The van der Waals surface area contributed by atoms with Crippen molar-refractivity contribution in [1.29, 1.82) is 0 Å². The highest BCUT2D eigenvalue weighted by atomic mass is 16.3. The number of aryl methyl sites for hydroxylation is 1. The first-order valence-corrected chi connectivity index (χ1v) is 6.86. The van der Waals surface area contributed by atoms with Crippen LogP contribution in [0.15, 0.2) is 12.4 Å². The van der Waals surface area contributed by atoms with Gasteiger partial charge >= 0.3 is 0 Å². The molecule has 0 aliphatic heterocycles. The van der Waals surface area contributed by atoms with Gasteiger partial charge in [-0.1, -0.05) is 33.1 Å². The molecular formula is C14H24N2O. The molecule has 3 heteroatoms. The second-order valence-electron chi connectivity index (χ2n) is 5.60. The summed E-state index contributed by atoms with van der Waals surface area (Å²) < 4.78 is 2.10. The third kappa shape index (κ3) is 2.54. The Morgan fingerprint density at radius 3 is 2.76 bits per heavy atom. The second kappa shape index (κ2) is 5.21. The summed E-state index contributed by atoms with van der Waals surface area (Å²) in [6.45, 7) is 5.31. The van der Waals surface area contributed by atoms with E-state index in [1.54, 1.807) is 6.20 Å². The summed E-state index contributed by atoms with van der Waals surface area (Å²) in [6.07, 6.45) is 10.5. The summed E-state index contributed by atoms with van der Waals surface area (Å²) in [5.74, 6) is 0.858. The molecule has 17 heavy (non-hydrogen) atoms. The van der Waals surface area contributed by atoms with Gasteiger partial charge in [-0.3, -0.25) is 0 Å². The molecule has 0 spiro atoms. The molecule has 2 rings (SSSR count). The van der Waals surface area contributed by atoms with E-state index < -0.39 is 6.10 Å². The Morgan fingerprint density at radius 2 is 2.12 bits per heavy atom. The highest BCUT2D eigenvalue weighted by Crippen LogP contribution is 2.45. The Hall–Kier alpha value is -0.830. The largest absolute Gasteiger partial charge is 0.385 e. The molecule has 1 saturated carbocycles. The zero-order valence-electron chi connectivity index (χ0n) is 11.0. The number of hydrogen-bond donors (Lipinski definition) is 1. The molecule has 0 saturated heterocycles. The first-order valence-electron chi connectivity index (χ1n) is 6.86. The van der Waals surface area contributed by atoms with Gasteiger partial charge < -0.3 is 9.67 Å². The lowest BCUT2D eigenvalue weighted by Crippen LogP contribution is -2.30. The smallest absolute Gasteiger partial charge is 0.138 e. The summed E-state index contributed by atoms with van der Waals surface area (Å²) in [7, 11) is 0. The lowest BCUT2D eigenvalue weighted by atomic mass is 9.71. The maximum absolute atomic E-state index is 10.6. The predicted octanol–water partition coefficient (Wildman–Crippen LogP) is 3.30. The van der Waals surface area contributed by atoms with Crippen molar-refractivity contribution < 1.29 is 5.11 Å². The topological polar surface area (TPSA) is 38.0 Å². The third-order valence-electron chi connectivity index (χ3n) is 4.11. The molecule has 1 heterocycles. The molecule has 1 unspecified atom stereocenters. The van der Waals surface area contributed by atoms with Crippen LogP contribution in [0.3, 0.4) is 0 Å². The number of nitrogens with zero attached hydrogens (tertiary/aromatic N) is 2. The molecular weight excluding hydrogens is 212 g/mol. The molecule has 0 bridgehead atoms. The highest BCUT2D eigenvalue weighted by Gasteiger charge is 2.37. The number of imidazole rings is 1. The van der Waals surface area contributed by atoms with Crippen LogP contribution in [0.25, 0.3) is 0 Å². The van der Waals surface area contributed by atoms with E-state index in [0.29, 0.717) is 0 Å². The van der Waals surface area contributed by atoms with E-state index in [9.17, 15) is 5.11 Å². The minimum atomic E-state index is -0.413. The maximum Gasteiger partial charge on any atom is 0.138 e. The SMILES string of the molecule is CCCn1ccnc1C(O)C1(C)CCCCC1. The molecule has 3 nitrogen and oxygen atoms in total. The fourth-order valence-corrected chi connectivity index (χ4v) is 2.94. The molecule has 0 amide bonds. The summed E-state index contributed by atoms with van der Waals surface area (Å²) in [5, 5.41) is 10.6. The Bertz CT molecular complexity index is 353. The fourth-order valence-electron chi connectivity index (χ4n) is 2.94. The minimum Gasteiger partial charge on any atom is -0.385 e. The first kappa shape index (κ1) is 12.6. The van der Waals surface area contributed by atoms with Gasteiger partial charge in [0.25, 0.3) is 0 Å². The average Bonchev–Trinajstić information content (AvgIpc) is 2.78. The van der Waals surface area contributed by atoms with Gasteiger partial charge in [-0.05, 0) is 19.3 Å². The standard InChI is InChI=1S/C14H24N2O/c1-3-10-16-11-9-15-13(16)12(17)14(2)7-5-4-6-8-14/h9,11-12,17H,3-8,10H2,1-2H3. The van der Waals surface area contributed by atoms with Crippen molar-refractivity contribution >= 4 is 0 Å². The summed E-state index contributed by atoms with van der Waals surface area (Å²) in [4.78, 5) is 4.37. The van der Waals surface area contributed by atoms with E-state index in [1.165, 1.54) is 19.3 Å². The van der Waals surface area contributed by atoms with Crippen LogP contribution in [-0.4, -0.2) is 14.7 Å². The highest BCUT2D eigenvalue weighted by molar-refractivity contribution is 5.03. The molecule has 0 radical (unpaired) electrons. The Morgan fingerprint density at radius 1 is 1.41 bits per heavy atom. The van der Waals surface area contributed by atoms with Crippen molar-refractivity contribution in [3.8, 4) is 0 Å². The molecule has 96 valence electrons. The Labute approximate surface area is 104 Å². The van der Waals surface area contributed by atoms with E-state index in [-0.39, 0.29) is 5.41 Å². The van der Waals surface area contributed by atoms with Crippen LogP contribution in [-0.2, 0) is 6.54 Å². The van der Waals surface area contributed by atoms with E-state index in [4.69, 9.17) is 0 Å². The lowest BCUT2D eigenvalue weighted by Gasteiger charge is -2.37. The summed E-state index contributed by atoms with van der Waals surface area (Å²) in [6, 6.07) is 0. The average molecular weight is 236 g/mol. The number of aliphatic hydroxyl groups is 1. The maximum atomic E-state index is 10.6. The molecule has 1 aromatic rings. The number of rotatable bonds is 4. The predicted molar refractivity (Wildman–Crippen MR) is 68.7 cm³/mol. The van der Waals surface area contributed by atoms with Gasteiger partial charge in [0.05, 0.1) is 0 Å². The number of aromatic nitrogens is 2. The van der Waals surface area contributed by atoms with Crippen LogP contribution >= 0.6 is 0 Å². The van der Waals surface area contributed by atoms with Gasteiger partial charge in [-0.15, -0.1) is 0 Å². The molecule has 1 fully saturated rings. The van der Waals surface area contributed by atoms with E-state index in [1.807, 2.05) is 6.20 Å². The normalized spacial score (nSPS) is 21.4. The van der Waals surface area contributed by atoms with Crippen molar-refractivity contribution in [2.24, 2.45) is 5.41 Å². The number of aliphatic hydroxyl groups excluding tert-OH is 1. The van der Waals surface area contributed by atoms with Crippen LogP contribution < -0.4 is 0 Å². The first-order chi connectivity index (χ1) is 8.17. The van der Waals surface area contributed by atoms with Gasteiger partial charge in [0.1, 0.15) is 11.9 Å². The van der Waals surface area contributed by atoms with Crippen molar-refractivity contribution in [3.05, 3.63) is 18.2 Å². The fraction of sp³-hybridized carbons (Fsp3) is 0.786. The molecule has 1 atom stereocenters. The monoisotopic (exact) mass is 236 g/mol. The van der Waals surface area contributed by atoms with E-state index >= 15 is 0 Å². The zero-order valence-corrected chi connectivity index (χ0v) is 11.0. The Balaban J connectivity index is 2.17. The van der Waals surface area contributed by atoms with Crippen molar-refractivity contribution in [3.63, 3.8) is 0 Å². The van der Waals surface area contributed by atoms with Gasteiger partial charge in [0.15, 0.2) is 0 Å².